The molecule has 0 fully saturated rings. The van der Waals surface area contributed by atoms with Crippen molar-refractivity contribution >= 4 is 39.5 Å². The van der Waals surface area contributed by atoms with E-state index < -0.39 is 97.5 Å². The lowest BCUT2D eigenvalue weighted by Gasteiger charge is -2.21. The summed E-state index contributed by atoms with van der Waals surface area (Å²) >= 11 is 0. The monoisotopic (exact) mass is 1510 g/mol. The number of aliphatic hydroxyl groups excluding tert-OH is 1. The Morgan fingerprint density at radius 2 is 0.472 bits per heavy atom. The lowest BCUT2D eigenvalue weighted by atomic mass is 10.1. The van der Waals surface area contributed by atoms with Gasteiger partial charge in [-0.1, -0.05) is 266 Å². The van der Waals surface area contributed by atoms with E-state index in [0.717, 1.165) is 167 Å². The lowest BCUT2D eigenvalue weighted by Crippen LogP contribution is -2.30. The van der Waals surface area contributed by atoms with Crippen molar-refractivity contribution in [3.63, 3.8) is 0 Å². The van der Waals surface area contributed by atoms with Crippen LogP contribution in [0.15, 0.2) is 207 Å². The number of carbonyl (C=O) groups is 4. The second-order valence-corrected chi connectivity index (χ2v) is 28.0. The summed E-state index contributed by atoms with van der Waals surface area (Å²) in [6.45, 7) is 4.20. The van der Waals surface area contributed by atoms with E-state index in [0.29, 0.717) is 38.5 Å². The molecule has 5 atom stereocenters. The predicted molar refractivity (Wildman–Crippen MR) is 435 cm³/mol. The molecular formula is C87H136O17P2. The van der Waals surface area contributed by atoms with E-state index in [9.17, 15) is 43.2 Å². The molecule has 0 aromatic carbocycles. The van der Waals surface area contributed by atoms with Gasteiger partial charge in [-0.15, -0.1) is 0 Å². The van der Waals surface area contributed by atoms with Gasteiger partial charge in [-0.25, -0.2) is 9.13 Å². The SMILES string of the molecule is CC/C=C\C/C=C\C/C=C\C/C=C\C/C=C\CCCC(=O)OCC(COP(=O)(O)OCC(O)COP(=O)(O)OCC(COC(=O)CCCCCC/C=C\C/C=C\C/C=C\C/C=C\CC)OC(=O)CCCCCCC/C=C\C/C=C\C/C=C\CC)OC(=O)CCC/C=C\C/C=C\C/C=C\C/C=C\C/C=C\CC. The minimum atomic E-state index is -5.02. The Labute approximate surface area is 639 Å². The Balaban J connectivity index is 5.54. The molecule has 3 N–H and O–H groups in total. The van der Waals surface area contributed by atoms with Crippen LogP contribution < -0.4 is 0 Å². The highest BCUT2D eigenvalue weighted by atomic mass is 31.2. The summed E-state index contributed by atoms with van der Waals surface area (Å²) < 4.78 is 68.4. The first-order chi connectivity index (χ1) is 51.7. The average molecular weight is 1520 g/mol. The fourth-order valence-electron chi connectivity index (χ4n) is 9.41. The molecule has 0 aliphatic heterocycles. The van der Waals surface area contributed by atoms with Gasteiger partial charge in [-0.05, 0) is 173 Å². The maximum atomic E-state index is 13.1. The Hall–Kier alpha value is -6.36. The van der Waals surface area contributed by atoms with E-state index in [1.165, 1.54) is 0 Å². The molecular weight excluding hydrogens is 1380 g/mol. The average Bonchev–Trinajstić information content (AvgIpc) is 0.902. The third-order valence-electron chi connectivity index (χ3n) is 15.2. The standard InChI is InChI=1S/C87H136O17P2/c1-5-9-13-17-21-25-29-33-37-40-44-47-51-55-59-63-67-71-84(89)97-77-82(103-86(91)73-69-65-61-57-53-49-43-36-32-28-24-20-16-12-8-4)79-101-105(93,94)99-75-81(88)76-100-106(95,96)102-80-83(104-87(92)74-70-66-62-58-54-50-46-42-39-35-31-27-23-19-15-11-7-3)78-98-85(90)72-68-64-60-56-52-48-45-41-38-34-30-26-22-18-14-10-6-2/h9-16,21-28,33-39,43-48,50,56,58,60,62,81-83,88H,5-8,17-20,29-32,40-42,49,51-55,57,59,61,63-80H2,1-4H3,(H,93,94)(H,95,96)/b13-9-,14-10-,15-11-,16-12-,25-21-,26-22-,27-23-,28-24-,37-33-,38-34-,39-35-,43-36-,47-44-,48-45-,50-46-,60-56-,62-58-. The third-order valence-corrected chi connectivity index (χ3v) is 17.1. The van der Waals surface area contributed by atoms with Crippen molar-refractivity contribution in [2.45, 2.75) is 277 Å². The van der Waals surface area contributed by atoms with Crippen LogP contribution in [0.1, 0.15) is 259 Å². The maximum absolute atomic E-state index is 13.1. The van der Waals surface area contributed by atoms with E-state index in [-0.39, 0.29) is 25.7 Å². The molecule has 17 nitrogen and oxygen atoms in total. The van der Waals surface area contributed by atoms with E-state index in [4.69, 9.17) is 37.0 Å². The van der Waals surface area contributed by atoms with Gasteiger partial charge in [0.15, 0.2) is 12.2 Å². The van der Waals surface area contributed by atoms with Gasteiger partial charge in [-0.2, -0.15) is 0 Å². The van der Waals surface area contributed by atoms with Crippen LogP contribution in [0, 0.1) is 0 Å². The molecule has 0 aromatic heterocycles. The summed E-state index contributed by atoms with van der Waals surface area (Å²) in [7, 11) is -10.0. The fraction of sp³-hybridized carbons (Fsp3) is 0.563. The smallest absolute Gasteiger partial charge is 0.462 e. The number of allylic oxidation sites excluding steroid dienone is 34. The number of carbonyl (C=O) groups excluding carboxylic acids is 4. The predicted octanol–water partition coefficient (Wildman–Crippen LogP) is 23.1. The summed E-state index contributed by atoms with van der Waals surface area (Å²) in [6.07, 6.45) is 95.4. The highest BCUT2D eigenvalue weighted by Crippen LogP contribution is 2.45. The fourth-order valence-corrected chi connectivity index (χ4v) is 11.0. The van der Waals surface area contributed by atoms with Crippen molar-refractivity contribution in [3.8, 4) is 0 Å². The van der Waals surface area contributed by atoms with Crippen LogP contribution in [0.5, 0.6) is 0 Å². The molecule has 106 heavy (non-hydrogen) atoms. The number of ether oxygens (including phenoxy) is 4. The van der Waals surface area contributed by atoms with Crippen molar-refractivity contribution in [2.75, 3.05) is 39.6 Å². The molecule has 0 heterocycles. The van der Waals surface area contributed by atoms with Crippen LogP contribution in [0.25, 0.3) is 0 Å². The van der Waals surface area contributed by atoms with Gasteiger partial charge in [0.2, 0.25) is 0 Å². The van der Waals surface area contributed by atoms with E-state index in [1.807, 2.05) is 24.3 Å². The quantitative estimate of drug-likeness (QED) is 0.0169. The summed E-state index contributed by atoms with van der Waals surface area (Å²) in [5.41, 5.74) is 0. The van der Waals surface area contributed by atoms with Crippen LogP contribution in [-0.2, 0) is 65.4 Å². The molecule has 0 saturated heterocycles. The molecule has 0 aromatic rings. The minimum absolute atomic E-state index is 0.00545. The highest BCUT2D eigenvalue weighted by Gasteiger charge is 2.30. The zero-order valence-electron chi connectivity index (χ0n) is 65.0. The first-order valence-electron chi connectivity index (χ1n) is 39.3. The third kappa shape index (κ3) is 75.9. The van der Waals surface area contributed by atoms with E-state index in [1.54, 1.807) is 0 Å². The molecule has 0 amide bonds. The Morgan fingerprint density at radius 1 is 0.264 bits per heavy atom. The van der Waals surface area contributed by atoms with Crippen LogP contribution in [0.4, 0.5) is 0 Å². The van der Waals surface area contributed by atoms with Crippen molar-refractivity contribution in [1.82, 2.24) is 0 Å². The van der Waals surface area contributed by atoms with E-state index in [2.05, 4.69) is 210 Å². The molecule has 5 unspecified atom stereocenters. The molecule has 0 saturated carbocycles. The molecule has 0 spiro atoms. The second-order valence-electron chi connectivity index (χ2n) is 25.1. The number of esters is 4. The second kappa shape index (κ2) is 76.8. The number of hydrogen-bond acceptors (Lipinski definition) is 15. The van der Waals surface area contributed by atoms with Gasteiger partial charge in [0, 0.05) is 25.7 Å². The normalized spacial score (nSPS) is 15.0. The van der Waals surface area contributed by atoms with Gasteiger partial charge in [-0.3, -0.25) is 37.3 Å². The van der Waals surface area contributed by atoms with Crippen molar-refractivity contribution in [1.29, 1.82) is 0 Å². The molecule has 19 heteroatoms. The van der Waals surface area contributed by atoms with Crippen LogP contribution >= 0.6 is 15.6 Å². The van der Waals surface area contributed by atoms with Gasteiger partial charge < -0.3 is 33.8 Å². The number of unbranched alkanes of at least 4 members (excludes halogenated alkanes) is 11. The topological polar surface area (TPSA) is 237 Å². The Kier molecular flexibility index (Phi) is 72.2. The van der Waals surface area contributed by atoms with E-state index >= 15 is 0 Å². The van der Waals surface area contributed by atoms with Gasteiger partial charge in [0.05, 0.1) is 26.4 Å². The molecule has 596 valence electrons. The van der Waals surface area contributed by atoms with Gasteiger partial charge in [0.1, 0.15) is 19.3 Å². The molecule has 0 aliphatic carbocycles. The number of hydrogen-bond donors (Lipinski definition) is 3. The van der Waals surface area contributed by atoms with Crippen LogP contribution in [0.3, 0.4) is 0 Å². The van der Waals surface area contributed by atoms with Crippen molar-refractivity contribution in [2.24, 2.45) is 0 Å². The summed E-state index contributed by atoms with van der Waals surface area (Å²) in [4.78, 5) is 73.0. The first-order valence-corrected chi connectivity index (χ1v) is 42.3. The van der Waals surface area contributed by atoms with Crippen molar-refractivity contribution < 1.29 is 80.2 Å². The van der Waals surface area contributed by atoms with Gasteiger partial charge >= 0.3 is 39.5 Å². The maximum Gasteiger partial charge on any atom is 0.472 e. The zero-order chi connectivity index (χ0) is 77.4. The molecule has 0 rings (SSSR count). The van der Waals surface area contributed by atoms with Gasteiger partial charge in [0.25, 0.3) is 0 Å². The minimum Gasteiger partial charge on any atom is -0.462 e. The Bertz CT molecular complexity index is 2830. The largest absolute Gasteiger partial charge is 0.472 e. The molecule has 0 aliphatic rings. The van der Waals surface area contributed by atoms with Crippen LogP contribution in [0.2, 0.25) is 0 Å². The number of rotatable bonds is 71. The first kappa shape index (κ1) is 99.6. The Morgan fingerprint density at radius 3 is 0.755 bits per heavy atom. The number of phosphoric acid groups is 2. The lowest BCUT2D eigenvalue weighted by molar-refractivity contribution is -0.161. The van der Waals surface area contributed by atoms with Crippen LogP contribution in [-0.4, -0.2) is 96.7 Å². The zero-order valence-corrected chi connectivity index (χ0v) is 66.8. The molecule has 0 bridgehead atoms. The number of phosphoric ester groups is 2. The summed E-state index contributed by atoms with van der Waals surface area (Å²) in [5.74, 6) is -2.38. The summed E-state index contributed by atoms with van der Waals surface area (Å²) in [6, 6.07) is 0. The highest BCUT2D eigenvalue weighted by molar-refractivity contribution is 7.47. The summed E-state index contributed by atoms with van der Waals surface area (Å²) in [5, 5.41) is 10.6. The number of aliphatic hydroxyl groups is 1. The molecule has 0 radical (unpaired) electrons. The van der Waals surface area contributed by atoms with Crippen molar-refractivity contribution in [3.05, 3.63) is 207 Å².